The molecule has 0 heterocycles. The summed E-state index contributed by atoms with van der Waals surface area (Å²) in [6.07, 6.45) is 11.5. The molecule has 0 bridgehead atoms. The number of hydrogen-bond donors (Lipinski definition) is 0. The van der Waals surface area contributed by atoms with Crippen LogP contribution in [-0.4, -0.2) is 25.2 Å². The van der Waals surface area contributed by atoms with E-state index < -0.39 is 5.97 Å². The van der Waals surface area contributed by atoms with Gasteiger partial charge in [-0.15, -0.1) is 0 Å². The van der Waals surface area contributed by atoms with Crippen LogP contribution in [0.25, 0.3) is 0 Å². The van der Waals surface area contributed by atoms with Gasteiger partial charge in [-0.05, 0) is 56.3 Å². The van der Waals surface area contributed by atoms with Gasteiger partial charge >= 0.3 is 11.9 Å². The average molecular weight is 336 g/mol. The molecule has 4 nitrogen and oxygen atoms in total. The molecule has 0 spiro atoms. The topological polar surface area (TPSA) is 52.6 Å². The predicted molar refractivity (Wildman–Crippen MR) is 93.3 cm³/mol. The molecule has 136 valence electrons. The van der Waals surface area contributed by atoms with Crippen LogP contribution in [0.1, 0.15) is 64.7 Å². The highest BCUT2D eigenvalue weighted by Gasteiger charge is 2.32. The van der Waals surface area contributed by atoms with Crippen molar-refractivity contribution in [2.45, 2.75) is 64.7 Å². The summed E-state index contributed by atoms with van der Waals surface area (Å²) < 4.78 is 10.2. The van der Waals surface area contributed by atoms with Crippen molar-refractivity contribution in [2.75, 3.05) is 13.2 Å². The highest BCUT2D eigenvalue weighted by atomic mass is 16.5. The fourth-order valence-electron chi connectivity index (χ4n) is 4.16. The van der Waals surface area contributed by atoms with E-state index in [0.29, 0.717) is 13.0 Å². The normalized spacial score (nSPS) is 30.4. The molecule has 0 aromatic heterocycles. The molecular formula is C20H32O4. The maximum atomic E-state index is 12.1. The minimum Gasteiger partial charge on any atom is -0.465 e. The number of hydrogen-bond acceptors (Lipinski definition) is 4. The quantitative estimate of drug-likeness (QED) is 0.395. The van der Waals surface area contributed by atoms with Gasteiger partial charge in [0.05, 0.1) is 19.1 Å². The summed E-state index contributed by atoms with van der Waals surface area (Å²) in [6.45, 7) is 6.29. The van der Waals surface area contributed by atoms with Crippen molar-refractivity contribution in [3.8, 4) is 0 Å². The van der Waals surface area contributed by atoms with E-state index in [9.17, 15) is 9.59 Å². The van der Waals surface area contributed by atoms with E-state index in [1.807, 2.05) is 0 Å². The van der Waals surface area contributed by atoms with E-state index in [0.717, 1.165) is 36.7 Å². The van der Waals surface area contributed by atoms with Gasteiger partial charge in [0.25, 0.3) is 0 Å². The SMILES string of the molecule is C=CC(=O)OCCCOC(=O)C1CCC(C2CCC(C)CC2)CC1. The molecule has 2 saturated carbocycles. The fraction of sp³-hybridized carbons (Fsp3) is 0.800. The van der Waals surface area contributed by atoms with Crippen LogP contribution in [0.2, 0.25) is 0 Å². The molecule has 0 atom stereocenters. The lowest BCUT2D eigenvalue weighted by Gasteiger charge is -2.36. The first-order valence-electron chi connectivity index (χ1n) is 9.56. The zero-order valence-electron chi connectivity index (χ0n) is 15.0. The van der Waals surface area contributed by atoms with Crippen molar-refractivity contribution in [3.05, 3.63) is 12.7 Å². The van der Waals surface area contributed by atoms with Crippen molar-refractivity contribution >= 4 is 11.9 Å². The van der Waals surface area contributed by atoms with Crippen molar-refractivity contribution in [3.63, 3.8) is 0 Å². The van der Waals surface area contributed by atoms with Gasteiger partial charge in [-0.3, -0.25) is 4.79 Å². The Morgan fingerprint density at radius 1 is 0.917 bits per heavy atom. The molecule has 2 fully saturated rings. The molecule has 2 aliphatic rings. The highest BCUT2D eigenvalue weighted by Crippen LogP contribution is 2.41. The molecule has 4 heteroatoms. The number of esters is 2. The first-order valence-corrected chi connectivity index (χ1v) is 9.56. The van der Waals surface area contributed by atoms with E-state index in [1.54, 1.807) is 0 Å². The van der Waals surface area contributed by atoms with Crippen LogP contribution in [0.3, 0.4) is 0 Å². The van der Waals surface area contributed by atoms with Crippen molar-refractivity contribution < 1.29 is 19.1 Å². The Kier molecular flexibility index (Phi) is 7.80. The van der Waals surface area contributed by atoms with Crippen LogP contribution < -0.4 is 0 Å². The van der Waals surface area contributed by atoms with Gasteiger partial charge in [-0.25, -0.2) is 4.79 Å². The summed E-state index contributed by atoms with van der Waals surface area (Å²) in [5, 5.41) is 0. The maximum Gasteiger partial charge on any atom is 0.330 e. The lowest BCUT2D eigenvalue weighted by Crippen LogP contribution is -2.29. The zero-order chi connectivity index (χ0) is 17.4. The van der Waals surface area contributed by atoms with Crippen LogP contribution in [-0.2, 0) is 19.1 Å². The van der Waals surface area contributed by atoms with Crippen molar-refractivity contribution in [2.24, 2.45) is 23.7 Å². The van der Waals surface area contributed by atoms with E-state index in [1.165, 1.54) is 38.5 Å². The third-order valence-corrected chi connectivity index (χ3v) is 5.78. The number of carbonyl (C=O) groups excluding carboxylic acids is 2. The molecule has 0 aromatic rings. The van der Waals surface area contributed by atoms with Gasteiger partial charge in [0.1, 0.15) is 0 Å². The molecule has 0 aromatic carbocycles. The molecule has 0 unspecified atom stereocenters. The van der Waals surface area contributed by atoms with Gasteiger partial charge in [0, 0.05) is 12.5 Å². The van der Waals surface area contributed by atoms with Crippen LogP contribution in [0.15, 0.2) is 12.7 Å². The molecule has 24 heavy (non-hydrogen) atoms. The first-order chi connectivity index (χ1) is 11.6. The average Bonchev–Trinajstić information content (AvgIpc) is 2.62. The molecule has 0 aliphatic heterocycles. The Bertz CT molecular complexity index is 415. The minimum absolute atomic E-state index is 0.0687. The van der Waals surface area contributed by atoms with Crippen molar-refractivity contribution in [1.29, 1.82) is 0 Å². The van der Waals surface area contributed by atoms with E-state index >= 15 is 0 Å². The molecular weight excluding hydrogens is 304 g/mol. The Labute approximate surface area is 146 Å². The Hall–Kier alpha value is -1.32. The van der Waals surface area contributed by atoms with E-state index in [4.69, 9.17) is 9.47 Å². The van der Waals surface area contributed by atoms with Crippen LogP contribution in [0, 0.1) is 23.7 Å². The van der Waals surface area contributed by atoms with Gasteiger partial charge in [-0.1, -0.05) is 26.3 Å². The largest absolute Gasteiger partial charge is 0.465 e. The first kappa shape index (κ1) is 19.0. The summed E-state index contributed by atoms with van der Waals surface area (Å²) >= 11 is 0. The number of ether oxygens (including phenoxy) is 2. The highest BCUT2D eigenvalue weighted by molar-refractivity contribution is 5.81. The standard InChI is InChI=1S/C20H32O4/c1-3-19(21)23-13-4-14-24-20(22)18-11-9-17(10-12-18)16-7-5-15(2)6-8-16/h3,15-18H,1,4-14H2,2H3. The Balaban J connectivity index is 1.58. The number of rotatable bonds is 7. The lowest BCUT2D eigenvalue weighted by molar-refractivity contribution is -0.150. The van der Waals surface area contributed by atoms with Crippen LogP contribution in [0.5, 0.6) is 0 Å². The summed E-state index contributed by atoms with van der Waals surface area (Å²) in [4.78, 5) is 23.0. The second-order valence-electron chi connectivity index (χ2n) is 7.52. The molecule has 2 rings (SSSR count). The smallest absolute Gasteiger partial charge is 0.330 e. The van der Waals surface area contributed by atoms with E-state index in [2.05, 4.69) is 13.5 Å². The second-order valence-corrected chi connectivity index (χ2v) is 7.52. The number of carbonyl (C=O) groups is 2. The molecule has 0 saturated heterocycles. The summed E-state index contributed by atoms with van der Waals surface area (Å²) in [7, 11) is 0. The third-order valence-electron chi connectivity index (χ3n) is 5.78. The zero-order valence-corrected chi connectivity index (χ0v) is 15.0. The van der Waals surface area contributed by atoms with Gasteiger partial charge in [0.2, 0.25) is 0 Å². The van der Waals surface area contributed by atoms with Crippen LogP contribution in [0.4, 0.5) is 0 Å². The molecule has 0 radical (unpaired) electrons. The van der Waals surface area contributed by atoms with Gasteiger partial charge in [0.15, 0.2) is 0 Å². The lowest BCUT2D eigenvalue weighted by atomic mass is 9.69. The second kappa shape index (κ2) is 9.85. The van der Waals surface area contributed by atoms with E-state index in [-0.39, 0.29) is 18.5 Å². The predicted octanol–water partition coefficient (Wildman–Crippen LogP) is 4.28. The minimum atomic E-state index is -0.434. The van der Waals surface area contributed by atoms with Crippen molar-refractivity contribution in [1.82, 2.24) is 0 Å². The third kappa shape index (κ3) is 5.95. The Morgan fingerprint density at radius 3 is 2.04 bits per heavy atom. The van der Waals surface area contributed by atoms with Gasteiger partial charge < -0.3 is 9.47 Å². The fourth-order valence-corrected chi connectivity index (χ4v) is 4.16. The summed E-state index contributed by atoms with van der Waals surface area (Å²) in [5.74, 6) is 2.17. The molecule has 0 N–H and O–H groups in total. The monoisotopic (exact) mass is 336 g/mol. The molecule has 0 amide bonds. The molecule has 2 aliphatic carbocycles. The maximum absolute atomic E-state index is 12.1. The van der Waals surface area contributed by atoms with Crippen LogP contribution >= 0.6 is 0 Å². The summed E-state index contributed by atoms with van der Waals surface area (Å²) in [5.41, 5.74) is 0. The summed E-state index contributed by atoms with van der Waals surface area (Å²) in [6, 6.07) is 0. The van der Waals surface area contributed by atoms with Gasteiger partial charge in [-0.2, -0.15) is 0 Å². The Morgan fingerprint density at radius 2 is 1.46 bits per heavy atom.